The van der Waals surface area contributed by atoms with Crippen LogP contribution in [0, 0.1) is 0 Å². The molecule has 0 radical (unpaired) electrons. The zero-order valence-electron chi connectivity index (χ0n) is 9.21. The quantitative estimate of drug-likeness (QED) is 0.773. The summed E-state index contributed by atoms with van der Waals surface area (Å²) in [6.45, 7) is 1.99. The number of ether oxygens (including phenoxy) is 1. The zero-order valence-corrected chi connectivity index (χ0v) is 9.21. The smallest absolute Gasteiger partial charge is 0.156 e. The molecule has 16 heavy (non-hydrogen) atoms. The minimum Gasteiger partial charge on any atom is -0.494 e. The molecule has 2 aromatic rings. The molecule has 1 aromatic carbocycles. The van der Waals surface area contributed by atoms with Gasteiger partial charge in [0.15, 0.2) is 5.82 Å². The number of tetrazole rings is 1. The summed E-state index contributed by atoms with van der Waals surface area (Å²) >= 11 is 0. The fraction of sp³-hybridized carbons (Fsp3) is 0.300. The summed E-state index contributed by atoms with van der Waals surface area (Å²) in [5, 5.41) is 11.5. The Morgan fingerprint density at radius 2 is 2.25 bits per heavy atom. The molecule has 0 amide bonds. The Hall–Kier alpha value is -2.11. The average molecular weight is 219 g/mol. The van der Waals surface area contributed by atoms with Crippen LogP contribution in [0.5, 0.6) is 5.75 Å². The molecule has 0 atom stereocenters. The van der Waals surface area contributed by atoms with Crippen molar-refractivity contribution in [3.8, 4) is 11.4 Å². The summed E-state index contributed by atoms with van der Waals surface area (Å²) in [6.07, 6.45) is 0.751. The molecule has 0 aliphatic carbocycles. The predicted molar refractivity (Wildman–Crippen MR) is 59.5 cm³/mol. The third-order valence-electron chi connectivity index (χ3n) is 2.28. The maximum absolute atomic E-state index is 5.69. The van der Waals surface area contributed by atoms with Crippen LogP contribution in [0.2, 0.25) is 0 Å². The van der Waals surface area contributed by atoms with Gasteiger partial charge in [-0.05, 0) is 22.6 Å². The number of nitrogens with two attached hydrogens (primary N) is 1. The molecule has 0 bridgehead atoms. The Balaban J connectivity index is 2.55. The number of benzene rings is 1. The predicted octanol–water partition coefficient (Wildman–Crippen LogP) is 0.815. The van der Waals surface area contributed by atoms with Gasteiger partial charge >= 0.3 is 0 Å². The summed E-state index contributed by atoms with van der Waals surface area (Å²) in [6, 6.07) is 5.37. The van der Waals surface area contributed by atoms with Gasteiger partial charge in [-0.15, -0.1) is 5.10 Å². The number of nitrogens with zero attached hydrogens (tertiary/aromatic N) is 4. The highest BCUT2D eigenvalue weighted by Gasteiger charge is 2.11. The van der Waals surface area contributed by atoms with E-state index in [9.17, 15) is 0 Å². The molecular weight excluding hydrogens is 206 g/mol. The lowest BCUT2D eigenvalue weighted by Gasteiger charge is -2.09. The van der Waals surface area contributed by atoms with Crippen molar-refractivity contribution in [1.29, 1.82) is 0 Å². The number of aromatic nitrogens is 4. The molecule has 1 heterocycles. The first-order valence-electron chi connectivity index (χ1n) is 4.97. The van der Waals surface area contributed by atoms with Crippen LogP contribution < -0.4 is 10.5 Å². The largest absolute Gasteiger partial charge is 0.494 e. The van der Waals surface area contributed by atoms with E-state index in [2.05, 4.69) is 15.5 Å². The van der Waals surface area contributed by atoms with Gasteiger partial charge in [-0.3, -0.25) is 0 Å². The van der Waals surface area contributed by atoms with Crippen molar-refractivity contribution in [2.24, 2.45) is 0 Å². The number of aryl methyl sites for hydroxylation is 1. The van der Waals surface area contributed by atoms with Crippen LogP contribution >= 0.6 is 0 Å². The number of hydrogen-bond donors (Lipinski definition) is 1. The summed E-state index contributed by atoms with van der Waals surface area (Å²) in [4.78, 5) is 0. The summed E-state index contributed by atoms with van der Waals surface area (Å²) in [5.41, 5.74) is 7.12. The summed E-state index contributed by atoms with van der Waals surface area (Å²) < 4.78 is 6.90. The van der Waals surface area contributed by atoms with E-state index in [4.69, 9.17) is 10.5 Å². The molecule has 0 aliphatic rings. The number of nitrogen functional groups attached to an aromatic ring is 1. The van der Waals surface area contributed by atoms with Gasteiger partial charge in [-0.1, -0.05) is 6.92 Å². The van der Waals surface area contributed by atoms with Crippen molar-refractivity contribution in [2.45, 2.75) is 13.3 Å². The molecule has 0 spiro atoms. The molecule has 6 heteroatoms. The van der Waals surface area contributed by atoms with E-state index in [-0.39, 0.29) is 0 Å². The second-order valence-electron chi connectivity index (χ2n) is 3.29. The van der Waals surface area contributed by atoms with Crippen molar-refractivity contribution in [3.05, 3.63) is 24.0 Å². The fourth-order valence-corrected chi connectivity index (χ4v) is 1.48. The Labute approximate surface area is 93.0 Å². The zero-order chi connectivity index (χ0) is 11.5. The first-order valence-corrected chi connectivity index (χ1v) is 4.97. The minimum atomic E-state index is 0.645. The van der Waals surface area contributed by atoms with E-state index in [0.717, 1.165) is 17.9 Å². The van der Waals surface area contributed by atoms with Crippen LogP contribution in [0.1, 0.15) is 12.7 Å². The maximum atomic E-state index is 5.69. The lowest BCUT2D eigenvalue weighted by atomic mass is 10.2. The number of anilines is 1. The number of methoxy groups -OCH3 is 1. The monoisotopic (exact) mass is 219 g/mol. The maximum Gasteiger partial charge on any atom is 0.156 e. The van der Waals surface area contributed by atoms with Crippen LogP contribution in [0.4, 0.5) is 5.69 Å². The fourth-order valence-electron chi connectivity index (χ4n) is 1.48. The minimum absolute atomic E-state index is 0.645. The topological polar surface area (TPSA) is 78.9 Å². The molecule has 0 aliphatic heterocycles. The molecule has 6 nitrogen and oxygen atoms in total. The van der Waals surface area contributed by atoms with E-state index in [0.29, 0.717) is 11.4 Å². The molecule has 2 N–H and O–H groups in total. The van der Waals surface area contributed by atoms with Crippen molar-refractivity contribution in [1.82, 2.24) is 20.2 Å². The molecule has 2 rings (SSSR count). The van der Waals surface area contributed by atoms with Gasteiger partial charge in [-0.2, -0.15) is 4.68 Å². The summed E-state index contributed by atoms with van der Waals surface area (Å²) in [7, 11) is 1.59. The molecular formula is C10H13N5O. The van der Waals surface area contributed by atoms with Gasteiger partial charge in [0.2, 0.25) is 0 Å². The van der Waals surface area contributed by atoms with Crippen molar-refractivity contribution in [2.75, 3.05) is 12.8 Å². The van der Waals surface area contributed by atoms with E-state index in [1.807, 2.05) is 13.0 Å². The highest BCUT2D eigenvalue weighted by Crippen LogP contribution is 2.25. The van der Waals surface area contributed by atoms with E-state index in [1.54, 1.807) is 23.9 Å². The Kier molecular flexibility index (Phi) is 2.72. The van der Waals surface area contributed by atoms with E-state index >= 15 is 0 Å². The molecule has 1 aromatic heterocycles. The Bertz CT molecular complexity index is 494. The summed E-state index contributed by atoms with van der Waals surface area (Å²) in [5.74, 6) is 1.44. The highest BCUT2D eigenvalue weighted by atomic mass is 16.5. The van der Waals surface area contributed by atoms with Crippen LogP contribution in [0.15, 0.2) is 18.2 Å². The van der Waals surface area contributed by atoms with Gasteiger partial charge in [0.05, 0.1) is 7.11 Å². The second-order valence-corrected chi connectivity index (χ2v) is 3.29. The lowest BCUT2D eigenvalue weighted by molar-refractivity contribution is 0.411. The van der Waals surface area contributed by atoms with Gasteiger partial charge in [0.1, 0.15) is 11.4 Å². The van der Waals surface area contributed by atoms with Gasteiger partial charge < -0.3 is 10.5 Å². The second kappa shape index (κ2) is 4.18. The van der Waals surface area contributed by atoms with Crippen LogP contribution in [-0.4, -0.2) is 27.3 Å². The number of rotatable bonds is 3. The SMILES string of the molecule is CCc1nnnn1-c1ccc(N)cc1OC. The highest BCUT2D eigenvalue weighted by molar-refractivity contribution is 5.55. The molecule has 0 saturated heterocycles. The van der Waals surface area contributed by atoms with Crippen molar-refractivity contribution >= 4 is 5.69 Å². The van der Waals surface area contributed by atoms with Gasteiger partial charge in [0.25, 0.3) is 0 Å². The van der Waals surface area contributed by atoms with E-state index < -0.39 is 0 Å². The number of hydrogen-bond acceptors (Lipinski definition) is 5. The molecule has 0 fully saturated rings. The lowest BCUT2D eigenvalue weighted by Crippen LogP contribution is -2.04. The Morgan fingerprint density at radius 1 is 1.44 bits per heavy atom. The normalized spacial score (nSPS) is 10.4. The Morgan fingerprint density at radius 3 is 2.94 bits per heavy atom. The van der Waals surface area contributed by atoms with Crippen LogP contribution in [-0.2, 0) is 6.42 Å². The van der Waals surface area contributed by atoms with Crippen LogP contribution in [0.25, 0.3) is 5.69 Å². The molecule has 0 unspecified atom stereocenters. The third kappa shape index (κ3) is 1.69. The first-order chi connectivity index (χ1) is 7.76. The standard InChI is InChI=1S/C10H13N5O/c1-3-10-12-13-14-15(10)8-5-4-7(11)6-9(8)16-2/h4-6H,3,11H2,1-2H3. The third-order valence-corrected chi connectivity index (χ3v) is 2.28. The molecule has 84 valence electrons. The first kappa shape index (κ1) is 10.4. The van der Waals surface area contributed by atoms with Gasteiger partial charge in [0, 0.05) is 18.2 Å². The molecule has 0 saturated carbocycles. The van der Waals surface area contributed by atoms with Crippen LogP contribution in [0.3, 0.4) is 0 Å². The van der Waals surface area contributed by atoms with Crippen molar-refractivity contribution in [3.63, 3.8) is 0 Å². The average Bonchev–Trinajstić information content (AvgIpc) is 2.76. The van der Waals surface area contributed by atoms with E-state index in [1.165, 1.54) is 0 Å². The van der Waals surface area contributed by atoms with Gasteiger partial charge in [-0.25, -0.2) is 0 Å². The van der Waals surface area contributed by atoms with Crippen molar-refractivity contribution < 1.29 is 4.74 Å².